The highest BCUT2D eigenvalue weighted by atomic mass is 35.5. The second-order valence-corrected chi connectivity index (χ2v) is 8.56. The van der Waals surface area contributed by atoms with Gasteiger partial charge in [0, 0.05) is 27.7 Å². The van der Waals surface area contributed by atoms with Crippen molar-refractivity contribution in [2.75, 3.05) is 11.9 Å². The second kappa shape index (κ2) is 8.53. The SMILES string of the molecule is CCOC(=O)c1c(NC(=O)c2c(C)nc3cc(Cl)ccn23)sc(C)c1-c1ccccc1. The number of ether oxygens (including phenoxy) is 1. The highest BCUT2D eigenvalue weighted by Gasteiger charge is 2.27. The number of halogens is 1. The Morgan fingerprint density at radius 1 is 1.19 bits per heavy atom. The lowest BCUT2D eigenvalue weighted by Crippen LogP contribution is -2.17. The van der Waals surface area contributed by atoms with Gasteiger partial charge >= 0.3 is 5.97 Å². The first-order valence-corrected chi connectivity index (χ1v) is 10.9. The first kappa shape index (κ1) is 21.1. The molecule has 158 valence electrons. The summed E-state index contributed by atoms with van der Waals surface area (Å²) in [7, 11) is 0. The Bertz CT molecular complexity index is 1290. The van der Waals surface area contributed by atoms with E-state index in [0.717, 1.165) is 16.0 Å². The Morgan fingerprint density at radius 3 is 2.65 bits per heavy atom. The van der Waals surface area contributed by atoms with E-state index >= 15 is 0 Å². The number of esters is 1. The van der Waals surface area contributed by atoms with Crippen LogP contribution in [0, 0.1) is 13.8 Å². The monoisotopic (exact) mass is 453 g/mol. The maximum Gasteiger partial charge on any atom is 0.341 e. The summed E-state index contributed by atoms with van der Waals surface area (Å²) >= 11 is 7.40. The summed E-state index contributed by atoms with van der Waals surface area (Å²) < 4.78 is 6.99. The summed E-state index contributed by atoms with van der Waals surface area (Å²) in [5, 5.41) is 3.90. The van der Waals surface area contributed by atoms with Crippen molar-refractivity contribution in [2.24, 2.45) is 0 Å². The molecule has 4 aromatic rings. The van der Waals surface area contributed by atoms with Crippen molar-refractivity contribution < 1.29 is 14.3 Å². The first-order chi connectivity index (χ1) is 14.9. The summed E-state index contributed by atoms with van der Waals surface area (Å²) in [6.07, 6.45) is 1.70. The molecule has 8 heteroatoms. The first-order valence-electron chi connectivity index (χ1n) is 9.72. The number of benzene rings is 1. The van der Waals surface area contributed by atoms with Gasteiger partial charge in [-0.25, -0.2) is 9.78 Å². The molecule has 0 aliphatic carbocycles. The third kappa shape index (κ3) is 3.94. The number of imidazole rings is 1. The van der Waals surface area contributed by atoms with Crippen molar-refractivity contribution in [2.45, 2.75) is 20.8 Å². The Morgan fingerprint density at radius 2 is 1.94 bits per heavy atom. The van der Waals surface area contributed by atoms with Crippen molar-refractivity contribution in [1.29, 1.82) is 0 Å². The molecule has 0 saturated carbocycles. The normalized spacial score (nSPS) is 11.0. The van der Waals surface area contributed by atoms with E-state index in [1.54, 1.807) is 36.6 Å². The smallest absolute Gasteiger partial charge is 0.341 e. The van der Waals surface area contributed by atoms with Gasteiger partial charge in [-0.05, 0) is 32.4 Å². The zero-order valence-corrected chi connectivity index (χ0v) is 18.8. The number of anilines is 1. The van der Waals surface area contributed by atoms with Crippen molar-refractivity contribution in [3.05, 3.63) is 75.5 Å². The van der Waals surface area contributed by atoms with Gasteiger partial charge in [-0.1, -0.05) is 41.9 Å². The molecule has 0 saturated heterocycles. The molecule has 0 spiro atoms. The molecule has 0 radical (unpaired) electrons. The number of fused-ring (bicyclic) bond motifs is 1. The zero-order valence-electron chi connectivity index (χ0n) is 17.2. The molecular formula is C23H20ClN3O3S. The number of nitrogens with one attached hydrogen (secondary N) is 1. The van der Waals surface area contributed by atoms with Gasteiger partial charge in [0.05, 0.1) is 12.3 Å². The lowest BCUT2D eigenvalue weighted by Gasteiger charge is -2.09. The van der Waals surface area contributed by atoms with Crippen LogP contribution in [0.1, 0.15) is 38.3 Å². The average Bonchev–Trinajstić information content (AvgIpc) is 3.23. The third-order valence-corrected chi connectivity index (χ3v) is 6.09. The third-order valence-electron chi connectivity index (χ3n) is 4.83. The number of aryl methyl sites for hydroxylation is 2. The van der Waals surface area contributed by atoms with E-state index < -0.39 is 5.97 Å². The maximum atomic E-state index is 13.2. The number of hydrogen-bond acceptors (Lipinski definition) is 5. The zero-order chi connectivity index (χ0) is 22.1. The second-order valence-electron chi connectivity index (χ2n) is 6.90. The van der Waals surface area contributed by atoms with Gasteiger partial charge in [0.25, 0.3) is 5.91 Å². The minimum absolute atomic E-state index is 0.239. The van der Waals surface area contributed by atoms with Crippen molar-refractivity contribution in [3.8, 4) is 11.1 Å². The number of carbonyl (C=O) groups is 2. The van der Waals surface area contributed by atoms with Crippen LogP contribution in [-0.4, -0.2) is 27.9 Å². The van der Waals surface area contributed by atoms with Crippen LogP contribution in [0.15, 0.2) is 48.7 Å². The molecule has 0 aliphatic rings. The number of amides is 1. The lowest BCUT2D eigenvalue weighted by atomic mass is 10.0. The van der Waals surface area contributed by atoms with Gasteiger partial charge in [0.1, 0.15) is 21.9 Å². The number of pyridine rings is 1. The number of aromatic nitrogens is 2. The predicted octanol–water partition coefficient (Wildman–Crippen LogP) is 5.76. The molecule has 0 aliphatic heterocycles. The predicted molar refractivity (Wildman–Crippen MR) is 123 cm³/mol. The largest absolute Gasteiger partial charge is 0.462 e. The minimum Gasteiger partial charge on any atom is -0.462 e. The van der Waals surface area contributed by atoms with E-state index in [0.29, 0.717) is 32.6 Å². The number of rotatable bonds is 5. The summed E-state index contributed by atoms with van der Waals surface area (Å²) in [6.45, 7) is 5.68. The van der Waals surface area contributed by atoms with Crippen LogP contribution in [0.3, 0.4) is 0 Å². The van der Waals surface area contributed by atoms with E-state index in [2.05, 4.69) is 10.3 Å². The Labute approximate surface area is 188 Å². The van der Waals surface area contributed by atoms with E-state index in [1.807, 2.05) is 37.3 Å². The lowest BCUT2D eigenvalue weighted by molar-refractivity contribution is 0.0529. The molecule has 0 bridgehead atoms. The van der Waals surface area contributed by atoms with E-state index in [1.165, 1.54) is 11.3 Å². The number of carbonyl (C=O) groups excluding carboxylic acids is 2. The Hall–Kier alpha value is -3.16. The van der Waals surface area contributed by atoms with E-state index in [-0.39, 0.29) is 12.5 Å². The van der Waals surface area contributed by atoms with Crippen LogP contribution in [-0.2, 0) is 4.74 Å². The highest BCUT2D eigenvalue weighted by molar-refractivity contribution is 7.17. The van der Waals surface area contributed by atoms with Gasteiger partial charge in [0.2, 0.25) is 0 Å². The number of hydrogen-bond donors (Lipinski definition) is 1. The minimum atomic E-state index is -0.470. The van der Waals surface area contributed by atoms with Crippen LogP contribution in [0.25, 0.3) is 16.8 Å². The van der Waals surface area contributed by atoms with E-state index in [9.17, 15) is 9.59 Å². The Kier molecular flexibility index (Phi) is 5.80. The standard InChI is InChI=1S/C23H20ClN3O3S/c1-4-30-23(29)19-18(15-8-6-5-7-9-15)14(3)31-22(19)26-21(28)20-13(2)25-17-12-16(24)10-11-27(17)20/h5-12H,4H2,1-3H3,(H,26,28). The van der Waals surface area contributed by atoms with Crippen molar-refractivity contribution in [1.82, 2.24) is 9.38 Å². The Balaban J connectivity index is 1.79. The molecular weight excluding hydrogens is 434 g/mol. The molecule has 3 aromatic heterocycles. The molecule has 0 unspecified atom stereocenters. The summed E-state index contributed by atoms with van der Waals surface area (Å²) in [5.74, 6) is -0.832. The van der Waals surface area contributed by atoms with Crippen LogP contribution in [0.5, 0.6) is 0 Å². The fraction of sp³-hybridized carbons (Fsp3) is 0.174. The fourth-order valence-electron chi connectivity index (χ4n) is 3.56. The summed E-state index contributed by atoms with van der Waals surface area (Å²) in [4.78, 5) is 31.4. The summed E-state index contributed by atoms with van der Waals surface area (Å²) in [6, 6.07) is 13.0. The molecule has 1 amide bonds. The average molecular weight is 454 g/mol. The molecule has 6 nitrogen and oxygen atoms in total. The van der Waals surface area contributed by atoms with E-state index in [4.69, 9.17) is 16.3 Å². The fourth-order valence-corrected chi connectivity index (χ4v) is 4.77. The van der Waals surface area contributed by atoms with Gasteiger partial charge in [0.15, 0.2) is 0 Å². The van der Waals surface area contributed by atoms with Crippen LogP contribution in [0.2, 0.25) is 5.02 Å². The quantitative estimate of drug-likeness (QED) is 0.390. The topological polar surface area (TPSA) is 72.7 Å². The molecule has 4 rings (SSSR count). The molecule has 3 heterocycles. The molecule has 1 aromatic carbocycles. The maximum absolute atomic E-state index is 13.2. The molecule has 0 fully saturated rings. The van der Waals surface area contributed by atoms with Crippen molar-refractivity contribution >= 4 is 45.5 Å². The number of thiophene rings is 1. The van der Waals surface area contributed by atoms with Crippen LogP contribution >= 0.6 is 22.9 Å². The van der Waals surface area contributed by atoms with Gasteiger partial charge in [-0.3, -0.25) is 9.20 Å². The van der Waals surface area contributed by atoms with Crippen molar-refractivity contribution in [3.63, 3.8) is 0 Å². The highest BCUT2D eigenvalue weighted by Crippen LogP contribution is 2.40. The summed E-state index contributed by atoms with van der Waals surface area (Å²) in [5.41, 5.74) is 3.54. The van der Waals surface area contributed by atoms with Gasteiger partial charge < -0.3 is 10.1 Å². The number of nitrogens with zero attached hydrogens (tertiary/aromatic N) is 2. The molecule has 0 atom stereocenters. The van der Waals surface area contributed by atoms with Gasteiger partial charge in [-0.2, -0.15) is 0 Å². The molecule has 31 heavy (non-hydrogen) atoms. The molecule has 1 N–H and O–H groups in total. The van der Waals surface area contributed by atoms with Crippen LogP contribution in [0.4, 0.5) is 5.00 Å². The van der Waals surface area contributed by atoms with Gasteiger partial charge in [-0.15, -0.1) is 11.3 Å². The van der Waals surface area contributed by atoms with Crippen LogP contribution < -0.4 is 5.32 Å².